The number of carboxylic acids is 1. The minimum atomic E-state index is -0.783. The van der Waals surface area contributed by atoms with E-state index in [0.717, 1.165) is 25.7 Å². The predicted octanol–water partition coefficient (Wildman–Crippen LogP) is 3.81. The highest BCUT2D eigenvalue weighted by Gasteiger charge is 2.42. The van der Waals surface area contributed by atoms with Gasteiger partial charge in [-0.2, -0.15) is 0 Å². The summed E-state index contributed by atoms with van der Waals surface area (Å²) in [4.78, 5) is 10.6. The minimum absolute atomic E-state index is 0.0214. The Hall–Kier alpha value is -1.92. The highest BCUT2D eigenvalue weighted by atomic mass is 19.1. The molecule has 0 bridgehead atoms. The molecule has 0 amide bonds. The molecule has 0 spiro atoms. The van der Waals surface area contributed by atoms with Crippen LogP contribution in [0.2, 0.25) is 0 Å². The molecule has 2 aliphatic rings. The molecule has 1 aromatic carbocycles. The molecule has 0 aliphatic heterocycles. The van der Waals surface area contributed by atoms with Crippen LogP contribution in [0, 0.1) is 23.6 Å². The van der Waals surface area contributed by atoms with Gasteiger partial charge in [0, 0.05) is 13.0 Å². The van der Waals surface area contributed by atoms with Crippen molar-refractivity contribution < 1.29 is 28.9 Å². The van der Waals surface area contributed by atoms with E-state index < -0.39 is 17.9 Å². The molecule has 28 heavy (non-hydrogen) atoms. The van der Waals surface area contributed by atoms with E-state index in [-0.39, 0.29) is 24.9 Å². The number of rotatable bonds is 10. The number of hydrogen-bond donors (Lipinski definition) is 2. The van der Waals surface area contributed by atoms with Gasteiger partial charge in [-0.05, 0) is 62.0 Å². The van der Waals surface area contributed by atoms with E-state index in [9.17, 15) is 14.3 Å². The van der Waals surface area contributed by atoms with E-state index in [1.54, 1.807) is 24.3 Å². The summed E-state index contributed by atoms with van der Waals surface area (Å²) in [6, 6.07) is 6.16. The second-order valence-corrected chi connectivity index (χ2v) is 7.82. The van der Waals surface area contributed by atoms with Crippen LogP contribution in [0.3, 0.4) is 0 Å². The number of hydrogen-bond acceptors (Lipinski definition) is 4. The van der Waals surface area contributed by atoms with Gasteiger partial charge >= 0.3 is 5.97 Å². The predicted molar refractivity (Wildman–Crippen MR) is 103 cm³/mol. The lowest BCUT2D eigenvalue weighted by molar-refractivity contribution is -0.137. The monoisotopic (exact) mass is 392 g/mol. The molecule has 3 rings (SSSR count). The molecular weight excluding hydrogens is 363 g/mol. The van der Waals surface area contributed by atoms with Crippen molar-refractivity contribution in [2.24, 2.45) is 17.8 Å². The van der Waals surface area contributed by atoms with Crippen molar-refractivity contribution in [2.75, 3.05) is 13.2 Å². The standard InChI is InChI=1S/C22H29FO5/c23-20-4-1-2-5-21(20)28-14-17(24)10-9-15-7-8-16-12-18(13-19(15)16)27-11-3-6-22(25)26/h1-2,4-5,9-10,15-19,24H,3,6-8,11-14H2,(H,25,26)/t15-,16-,17?,18?,19+/m1/s1. The van der Waals surface area contributed by atoms with Crippen LogP contribution >= 0.6 is 0 Å². The van der Waals surface area contributed by atoms with Crippen molar-refractivity contribution >= 4 is 5.97 Å². The Kier molecular flexibility index (Phi) is 7.45. The van der Waals surface area contributed by atoms with Gasteiger partial charge in [0.2, 0.25) is 0 Å². The maximum atomic E-state index is 13.5. The van der Waals surface area contributed by atoms with Crippen LogP contribution in [0.4, 0.5) is 4.39 Å². The highest BCUT2D eigenvalue weighted by Crippen LogP contribution is 2.49. The van der Waals surface area contributed by atoms with Gasteiger partial charge in [0.1, 0.15) is 12.7 Å². The van der Waals surface area contributed by atoms with Gasteiger partial charge < -0.3 is 19.7 Å². The molecule has 6 heteroatoms. The maximum absolute atomic E-state index is 13.5. The van der Waals surface area contributed by atoms with Gasteiger partial charge in [-0.3, -0.25) is 4.79 Å². The maximum Gasteiger partial charge on any atom is 0.303 e. The summed E-state index contributed by atoms with van der Waals surface area (Å²) in [6.45, 7) is 0.524. The first-order valence-electron chi connectivity index (χ1n) is 10.1. The summed E-state index contributed by atoms with van der Waals surface area (Å²) < 4.78 is 24.8. The summed E-state index contributed by atoms with van der Waals surface area (Å²) in [5, 5.41) is 18.8. The van der Waals surface area contributed by atoms with Crippen molar-refractivity contribution in [2.45, 2.75) is 50.7 Å². The third kappa shape index (κ3) is 5.79. The number of allylic oxidation sites excluding steroid dienone is 1. The van der Waals surface area contributed by atoms with Crippen molar-refractivity contribution in [3.05, 3.63) is 42.2 Å². The molecule has 0 aromatic heterocycles. The molecule has 5 atom stereocenters. The second-order valence-electron chi connectivity index (χ2n) is 7.82. The van der Waals surface area contributed by atoms with Crippen molar-refractivity contribution in [1.82, 2.24) is 0 Å². The Balaban J connectivity index is 1.41. The summed E-state index contributed by atoms with van der Waals surface area (Å²) in [5.41, 5.74) is 0. The number of aliphatic hydroxyl groups excluding tert-OH is 1. The van der Waals surface area contributed by atoms with Crippen LogP contribution in [-0.2, 0) is 9.53 Å². The molecule has 0 radical (unpaired) electrons. The molecule has 5 nitrogen and oxygen atoms in total. The normalized spacial score (nSPS) is 27.8. The number of carboxylic acid groups (broad SMARTS) is 1. The summed E-state index contributed by atoms with van der Waals surface area (Å²) >= 11 is 0. The highest BCUT2D eigenvalue weighted by molar-refractivity contribution is 5.66. The number of para-hydroxylation sites is 1. The Morgan fingerprint density at radius 1 is 1.29 bits per heavy atom. The molecule has 2 fully saturated rings. The topological polar surface area (TPSA) is 76.0 Å². The summed E-state index contributed by atoms with van der Waals surface area (Å²) in [7, 11) is 0. The number of ether oxygens (including phenoxy) is 2. The van der Waals surface area contributed by atoms with Crippen molar-refractivity contribution in [3.8, 4) is 5.75 Å². The molecule has 0 heterocycles. The molecule has 2 aliphatic carbocycles. The van der Waals surface area contributed by atoms with Crippen LogP contribution in [0.15, 0.2) is 36.4 Å². The van der Waals surface area contributed by atoms with Crippen molar-refractivity contribution in [1.29, 1.82) is 0 Å². The van der Waals surface area contributed by atoms with Gasteiger partial charge in [-0.1, -0.05) is 24.3 Å². The Bertz CT molecular complexity index is 677. The smallest absolute Gasteiger partial charge is 0.303 e. The van der Waals surface area contributed by atoms with Gasteiger partial charge in [0.05, 0.1) is 6.10 Å². The molecule has 0 saturated heterocycles. The lowest BCUT2D eigenvalue weighted by atomic mass is 9.91. The second kappa shape index (κ2) is 10.0. The first-order chi connectivity index (χ1) is 13.5. The zero-order valence-corrected chi connectivity index (χ0v) is 16.0. The molecule has 2 unspecified atom stereocenters. The fraction of sp³-hybridized carbons (Fsp3) is 0.591. The van der Waals surface area contributed by atoms with Gasteiger partial charge in [0.15, 0.2) is 11.6 Å². The molecule has 1 aromatic rings. The average Bonchev–Trinajstić information content (AvgIpc) is 3.23. The average molecular weight is 392 g/mol. The minimum Gasteiger partial charge on any atom is -0.487 e. The fourth-order valence-electron chi connectivity index (χ4n) is 4.49. The number of carbonyl (C=O) groups is 1. The molecule has 154 valence electrons. The van der Waals surface area contributed by atoms with E-state index in [2.05, 4.69) is 6.08 Å². The van der Waals surface area contributed by atoms with Crippen LogP contribution < -0.4 is 4.74 Å². The van der Waals surface area contributed by atoms with Crippen molar-refractivity contribution in [3.63, 3.8) is 0 Å². The number of halogens is 1. The largest absolute Gasteiger partial charge is 0.487 e. The first-order valence-corrected chi connectivity index (χ1v) is 10.1. The number of fused-ring (bicyclic) bond motifs is 1. The molecular formula is C22H29FO5. The number of aliphatic carboxylic acids is 1. The summed E-state index contributed by atoms with van der Waals surface area (Å²) in [6.07, 6.45) is 8.29. The fourth-order valence-corrected chi connectivity index (χ4v) is 4.49. The zero-order chi connectivity index (χ0) is 19.9. The lowest BCUT2D eigenvalue weighted by Crippen LogP contribution is -2.16. The number of benzene rings is 1. The molecule has 2 saturated carbocycles. The Morgan fingerprint density at radius 3 is 2.89 bits per heavy atom. The third-order valence-corrected chi connectivity index (χ3v) is 5.84. The van der Waals surface area contributed by atoms with Gasteiger partial charge in [-0.25, -0.2) is 4.39 Å². The Morgan fingerprint density at radius 2 is 2.11 bits per heavy atom. The van der Waals surface area contributed by atoms with Gasteiger partial charge in [0.25, 0.3) is 0 Å². The SMILES string of the molecule is O=C(O)CCCOC1C[C@H]2CC[C@H](C=CC(O)COc3ccccc3F)[C@@H]2C1. The Labute approximate surface area is 165 Å². The lowest BCUT2D eigenvalue weighted by Gasteiger charge is -2.17. The van der Waals surface area contributed by atoms with E-state index in [4.69, 9.17) is 14.6 Å². The van der Waals surface area contributed by atoms with Crippen LogP contribution in [0.1, 0.15) is 38.5 Å². The summed E-state index contributed by atoms with van der Waals surface area (Å²) in [5.74, 6) is 0.550. The van der Waals surface area contributed by atoms with E-state index >= 15 is 0 Å². The van der Waals surface area contributed by atoms with Gasteiger partial charge in [-0.15, -0.1) is 0 Å². The van der Waals surface area contributed by atoms with Crippen LogP contribution in [-0.4, -0.2) is 41.6 Å². The molecule has 2 N–H and O–H groups in total. The van der Waals surface area contributed by atoms with E-state index in [1.165, 1.54) is 6.07 Å². The van der Waals surface area contributed by atoms with E-state index in [0.29, 0.717) is 30.8 Å². The third-order valence-electron chi connectivity index (χ3n) is 5.84. The van der Waals surface area contributed by atoms with Crippen LogP contribution in [0.25, 0.3) is 0 Å². The zero-order valence-electron chi connectivity index (χ0n) is 16.0. The van der Waals surface area contributed by atoms with E-state index in [1.807, 2.05) is 0 Å². The first kappa shape index (κ1) is 20.8. The number of aliphatic hydroxyl groups is 1. The quantitative estimate of drug-likeness (QED) is 0.468. The van der Waals surface area contributed by atoms with Crippen LogP contribution in [0.5, 0.6) is 5.75 Å².